The summed E-state index contributed by atoms with van der Waals surface area (Å²) < 4.78 is 116. The number of methoxy groups -OCH3 is 2. The van der Waals surface area contributed by atoms with Gasteiger partial charge in [0, 0.05) is 100 Å². The van der Waals surface area contributed by atoms with Crippen molar-refractivity contribution in [3.8, 4) is 40.2 Å². The summed E-state index contributed by atoms with van der Waals surface area (Å²) in [6, 6.07) is 38.0. The zero-order valence-electron chi connectivity index (χ0n) is 65.7. The third kappa shape index (κ3) is 22.1. The molecule has 1 N–H and O–H groups in total. The second kappa shape index (κ2) is 38.5. The Morgan fingerprint density at radius 2 is 1.08 bits per heavy atom. The number of benzene rings is 7. The Labute approximate surface area is 675 Å². The van der Waals surface area contributed by atoms with E-state index >= 15 is 0 Å². The number of nitrogens with zero attached hydrogens (tertiary/aromatic N) is 8. The third-order valence-corrected chi connectivity index (χ3v) is 20.2. The van der Waals surface area contributed by atoms with Gasteiger partial charge in [-0.15, -0.1) is 8.42 Å². The van der Waals surface area contributed by atoms with E-state index in [1.165, 1.54) is 32.4 Å². The summed E-state index contributed by atoms with van der Waals surface area (Å²) in [5.74, 6) is -4.58. The number of aliphatic imine (C=N–C) groups is 2. The van der Waals surface area contributed by atoms with Gasteiger partial charge in [-0.05, 0) is 125 Å². The van der Waals surface area contributed by atoms with E-state index in [0.29, 0.717) is 89.0 Å². The first-order valence-corrected chi connectivity index (χ1v) is 39.0. The van der Waals surface area contributed by atoms with E-state index in [1.54, 1.807) is 36.4 Å². The first-order chi connectivity index (χ1) is 56.3. The SMILES string of the molecule is COc1cc2c(cc1OCc1cc(COc3cc4c(cc3OC)C(=O)N3Cc5ccccc5CC3C=N4)cc(C[N+](C)(C)Cc3ccc(OS(=O)(=O)Oc4cc(C(=O)NCCOCCOCCOCCN=[N+]=[N-])ccc4OC4O[C@H](COC(C)=O)[C@H](OC(C)=O)[C@H](OC(C)=O)[C@H]4OC(C)=O)cc3)c1)N=CC1Cc3ccccc3CN1C2=O. The van der Waals surface area contributed by atoms with Gasteiger partial charge in [-0.2, -0.15) is 0 Å². The number of amides is 3. The Hall–Kier alpha value is -12.2. The summed E-state index contributed by atoms with van der Waals surface area (Å²) in [4.78, 5) is 109. The lowest BCUT2D eigenvalue weighted by Crippen LogP contribution is -2.63. The number of rotatable bonds is 36. The predicted octanol–water partition coefficient (Wildman–Crippen LogP) is 9.46. The summed E-state index contributed by atoms with van der Waals surface area (Å²) in [6.45, 7) is 6.64. The maximum absolute atomic E-state index is 14.3. The van der Waals surface area contributed by atoms with E-state index in [4.69, 9.17) is 85.5 Å². The standard InChI is InChI=1S/C83H89N9O24S/c1-50(93)107-49-76-77(110-51(2)94)78(111-52(3)95)79(112-53(4)96)83(114-76)113-70-22-19-60(80(97)85-23-25-104-27-29-106-30-28-105-26-24-88-89-84)36-75(70)116-117(100,101)115-65-20-17-54(18-21-65)45-92(5,6)46-55-31-56(47-108-73-39-68-66(37-71(73)102-7)81(98)90-43-61-15-11-9-13-58(61)34-63(90)41-86-68)33-57(32-55)48-109-74-40-69-67(38-72(74)103-8)82(99)91-44-62-16-12-10-14-59(62)35-64(91)42-87-69/h9-22,31-33,36-42,63-64,76-79,83H,23-30,34-35,43-49H2,1-8H3/p+1/t63?,64?,76-,77+,78+,79-,83?/m1/s1. The van der Waals surface area contributed by atoms with E-state index in [-0.39, 0.29) is 101 Å². The minimum Gasteiger partial charge on any atom is -0.493 e. The zero-order chi connectivity index (χ0) is 82.9. The lowest BCUT2D eigenvalue weighted by atomic mass is 9.94. The molecule has 3 unspecified atom stereocenters. The van der Waals surface area contributed by atoms with E-state index in [1.807, 2.05) is 90.9 Å². The van der Waals surface area contributed by atoms with Crippen LogP contribution >= 0.6 is 0 Å². The molecule has 33 nitrogen and oxygen atoms in total. The summed E-state index contributed by atoms with van der Waals surface area (Å²) in [5, 5.41) is 6.07. The average molecular weight is 1630 g/mol. The van der Waals surface area contributed by atoms with Crippen molar-refractivity contribution >= 4 is 75.8 Å². The first-order valence-electron chi connectivity index (χ1n) is 37.6. The second-order valence-corrected chi connectivity index (χ2v) is 29.8. The number of quaternary nitrogens is 1. The highest BCUT2D eigenvalue weighted by Crippen LogP contribution is 2.43. The van der Waals surface area contributed by atoms with Crippen LogP contribution in [-0.4, -0.2) is 207 Å². The Morgan fingerprint density at radius 1 is 0.564 bits per heavy atom. The van der Waals surface area contributed by atoms with Crippen LogP contribution in [0.2, 0.25) is 0 Å². The maximum atomic E-state index is 14.3. The molecule has 117 heavy (non-hydrogen) atoms. The molecule has 0 aromatic heterocycles. The van der Waals surface area contributed by atoms with E-state index in [9.17, 15) is 42.0 Å². The van der Waals surface area contributed by atoms with Crippen molar-refractivity contribution in [2.75, 3.05) is 87.7 Å². The molecule has 7 atom stereocenters. The molecule has 0 aliphatic carbocycles. The lowest BCUT2D eigenvalue weighted by Gasteiger charge is -2.43. The number of hydrogen-bond donors (Lipinski definition) is 1. The highest BCUT2D eigenvalue weighted by atomic mass is 32.3. The van der Waals surface area contributed by atoms with Crippen LogP contribution < -0.4 is 37.4 Å². The van der Waals surface area contributed by atoms with E-state index < -0.39 is 89.0 Å². The second-order valence-electron chi connectivity index (χ2n) is 28.6. The summed E-state index contributed by atoms with van der Waals surface area (Å²) in [5.41, 5.74) is 17.5. The van der Waals surface area contributed by atoms with Gasteiger partial charge in [0.05, 0.1) is 103 Å². The van der Waals surface area contributed by atoms with Gasteiger partial charge in [-0.3, -0.25) is 43.5 Å². The van der Waals surface area contributed by atoms with Crippen LogP contribution in [-0.2, 0) is 120 Å². The number of esters is 4. The number of carbonyl (C=O) groups is 7. The van der Waals surface area contributed by atoms with Crippen molar-refractivity contribution < 1.29 is 116 Å². The molecule has 5 heterocycles. The molecule has 0 saturated carbocycles. The van der Waals surface area contributed by atoms with Crippen molar-refractivity contribution in [2.24, 2.45) is 15.1 Å². The van der Waals surface area contributed by atoms with Crippen LogP contribution in [0, 0.1) is 0 Å². The van der Waals surface area contributed by atoms with E-state index in [2.05, 4.69) is 27.5 Å². The highest BCUT2D eigenvalue weighted by molar-refractivity contribution is 7.82. The van der Waals surface area contributed by atoms with Crippen molar-refractivity contribution in [2.45, 2.75) is 123 Å². The Kier molecular flexibility index (Phi) is 27.7. The highest BCUT2D eigenvalue weighted by Gasteiger charge is 2.54. The predicted molar refractivity (Wildman–Crippen MR) is 419 cm³/mol. The van der Waals surface area contributed by atoms with Gasteiger partial charge in [0.2, 0.25) is 12.4 Å². The number of azide groups is 1. The quantitative estimate of drug-likeness (QED) is 0.00726. The summed E-state index contributed by atoms with van der Waals surface area (Å²) >= 11 is 0. The zero-order valence-corrected chi connectivity index (χ0v) is 66.5. The smallest absolute Gasteiger partial charge is 0.493 e. The Balaban J connectivity index is 0.773. The van der Waals surface area contributed by atoms with E-state index in [0.717, 1.165) is 84.3 Å². The molecule has 3 amide bonds. The fraction of sp³-hybridized carbons (Fsp3) is 0.386. The minimum atomic E-state index is -5.20. The fourth-order valence-electron chi connectivity index (χ4n) is 14.3. The number of fused-ring (bicyclic) bond motifs is 6. The van der Waals surface area contributed by atoms with Crippen LogP contribution in [0.15, 0.2) is 149 Å². The molecule has 7 aromatic rings. The van der Waals surface area contributed by atoms with Gasteiger partial charge < -0.3 is 89.5 Å². The fourth-order valence-corrected chi connectivity index (χ4v) is 15.0. The van der Waals surface area contributed by atoms with Crippen molar-refractivity contribution in [1.29, 1.82) is 0 Å². The third-order valence-electron chi connectivity index (χ3n) is 19.4. The summed E-state index contributed by atoms with van der Waals surface area (Å²) in [6.07, 6.45) is -3.49. The molecule has 7 aromatic carbocycles. The normalized spacial score (nSPS) is 18.4. The van der Waals surface area contributed by atoms with Crippen LogP contribution in [0.4, 0.5) is 11.4 Å². The molecule has 616 valence electrons. The van der Waals surface area contributed by atoms with Crippen LogP contribution in [0.1, 0.15) is 103 Å². The maximum Gasteiger partial charge on any atom is 0.501 e. The molecule has 5 aliphatic heterocycles. The topological polar surface area (TPSA) is 384 Å². The number of hydrogen-bond acceptors (Lipinski definition) is 27. The molecule has 1 fully saturated rings. The largest absolute Gasteiger partial charge is 0.501 e. The van der Waals surface area contributed by atoms with Gasteiger partial charge in [-0.25, -0.2) is 0 Å². The molecular formula is C83H90N9O24S+. The molecule has 0 spiro atoms. The molecule has 34 heteroatoms. The molecule has 0 bridgehead atoms. The molecule has 12 rings (SSSR count). The Bertz CT molecular complexity index is 4910. The lowest BCUT2D eigenvalue weighted by molar-refractivity contribution is -0.916. The van der Waals surface area contributed by atoms with Crippen molar-refractivity contribution in [3.63, 3.8) is 0 Å². The number of carbonyl (C=O) groups excluding carboxylic acids is 7. The molecule has 5 aliphatic rings. The van der Waals surface area contributed by atoms with Gasteiger partial charge in [-0.1, -0.05) is 53.6 Å². The summed E-state index contributed by atoms with van der Waals surface area (Å²) in [7, 11) is 1.86. The van der Waals surface area contributed by atoms with Gasteiger partial charge in [0.15, 0.2) is 46.7 Å². The van der Waals surface area contributed by atoms with Crippen molar-refractivity contribution in [3.05, 3.63) is 205 Å². The van der Waals surface area contributed by atoms with Gasteiger partial charge >= 0.3 is 34.3 Å². The number of ether oxygens (including phenoxy) is 13. The average Bonchev–Trinajstić information content (AvgIpc) is 1.71. The Morgan fingerprint density at radius 3 is 1.62 bits per heavy atom. The molecule has 1 saturated heterocycles. The first kappa shape index (κ1) is 84.2. The van der Waals surface area contributed by atoms with Gasteiger partial charge in [0.25, 0.3) is 17.7 Å². The van der Waals surface area contributed by atoms with Gasteiger partial charge in [0.1, 0.15) is 44.8 Å². The minimum absolute atomic E-state index is 0.0217. The van der Waals surface area contributed by atoms with Crippen LogP contribution in [0.3, 0.4) is 0 Å². The monoisotopic (exact) mass is 1630 g/mol. The van der Waals surface area contributed by atoms with Crippen LogP contribution in [0.25, 0.3) is 10.4 Å². The number of nitrogens with one attached hydrogen (secondary N) is 1. The molecular weight excluding hydrogens is 1540 g/mol. The molecule has 0 radical (unpaired) electrons. The van der Waals surface area contributed by atoms with Crippen molar-refractivity contribution in [1.82, 2.24) is 15.1 Å². The van der Waals surface area contributed by atoms with Crippen LogP contribution in [0.5, 0.6) is 40.2 Å².